The van der Waals surface area contributed by atoms with Crippen LogP contribution in [-0.4, -0.2) is 11.7 Å². The molecule has 0 heterocycles. The SMILES string of the molecule is CC(C)CCC1=C(NC(=O)C(C)C)C(=O)c2ccccc21. The maximum Gasteiger partial charge on any atom is 0.227 e. The summed E-state index contributed by atoms with van der Waals surface area (Å²) in [5, 5.41) is 2.84. The lowest BCUT2D eigenvalue weighted by atomic mass is 9.98. The number of rotatable bonds is 5. The molecule has 3 nitrogen and oxygen atoms in total. The Hall–Kier alpha value is -1.90. The first kappa shape index (κ1) is 15.5. The van der Waals surface area contributed by atoms with Gasteiger partial charge in [0, 0.05) is 11.5 Å². The number of ketones is 1. The van der Waals surface area contributed by atoms with E-state index < -0.39 is 0 Å². The zero-order chi connectivity index (χ0) is 15.6. The molecule has 112 valence electrons. The van der Waals surface area contributed by atoms with Gasteiger partial charge in [-0.25, -0.2) is 0 Å². The molecule has 21 heavy (non-hydrogen) atoms. The molecule has 0 aromatic heterocycles. The molecule has 1 aromatic carbocycles. The van der Waals surface area contributed by atoms with Crippen LogP contribution in [0.3, 0.4) is 0 Å². The Morgan fingerprint density at radius 2 is 1.71 bits per heavy atom. The van der Waals surface area contributed by atoms with Crippen molar-refractivity contribution in [1.82, 2.24) is 5.32 Å². The van der Waals surface area contributed by atoms with Gasteiger partial charge < -0.3 is 5.32 Å². The van der Waals surface area contributed by atoms with E-state index >= 15 is 0 Å². The summed E-state index contributed by atoms with van der Waals surface area (Å²) in [4.78, 5) is 24.5. The van der Waals surface area contributed by atoms with E-state index in [1.807, 2.05) is 38.1 Å². The van der Waals surface area contributed by atoms with Crippen LogP contribution in [0.1, 0.15) is 56.5 Å². The first-order valence-corrected chi connectivity index (χ1v) is 7.60. The summed E-state index contributed by atoms with van der Waals surface area (Å²) in [5.41, 5.74) is 3.14. The van der Waals surface area contributed by atoms with Gasteiger partial charge in [0.2, 0.25) is 11.7 Å². The third-order valence-corrected chi connectivity index (χ3v) is 3.77. The first-order chi connectivity index (χ1) is 9.91. The average molecular weight is 285 g/mol. The number of hydrogen-bond acceptors (Lipinski definition) is 2. The van der Waals surface area contributed by atoms with Gasteiger partial charge in [-0.1, -0.05) is 52.0 Å². The highest BCUT2D eigenvalue weighted by molar-refractivity contribution is 6.21. The minimum atomic E-state index is -0.139. The number of benzene rings is 1. The molecule has 0 saturated carbocycles. The van der Waals surface area contributed by atoms with Crippen LogP contribution in [0.15, 0.2) is 30.0 Å². The van der Waals surface area contributed by atoms with Crippen LogP contribution < -0.4 is 5.32 Å². The summed E-state index contributed by atoms with van der Waals surface area (Å²) >= 11 is 0. The molecule has 0 spiro atoms. The van der Waals surface area contributed by atoms with E-state index in [1.54, 1.807) is 0 Å². The van der Waals surface area contributed by atoms with Gasteiger partial charge in [-0.3, -0.25) is 9.59 Å². The zero-order valence-electron chi connectivity index (χ0n) is 13.2. The summed E-state index contributed by atoms with van der Waals surface area (Å²) < 4.78 is 0. The number of hydrogen-bond donors (Lipinski definition) is 1. The molecule has 1 aromatic rings. The minimum absolute atomic E-state index is 0.0571. The number of carbonyl (C=O) groups excluding carboxylic acids is 2. The highest BCUT2D eigenvalue weighted by Crippen LogP contribution is 2.35. The molecule has 3 heteroatoms. The second kappa shape index (κ2) is 6.25. The Bertz CT molecular complexity index is 597. The van der Waals surface area contributed by atoms with Crippen molar-refractivity contribution in [1.29, 1.82) is 0 Å². The van der Waals surface area contributed by atoms with E-state index in [2.05, 4.69) is 19.2 Å². The quantitative estimate of drug-likeness (QED) is 0.894. The smallest absolute Gasteiger partial charge is 0.227 e. The fraction of sp³-hybridized carbons (Fsp3) is 0.444. The van der Waals surface area contributed by atoms with Gasteiger partial charge in [-0.15, -0.1) is 0 Å². The molecular formula is C18H23NO2. The number of amides is 1. The van der Waals surface area contributed by atoms with E-state index in [9.17, 15) is 9.59 Å². The minimum Gasteiger partial charge on any atom is -0.322 e. The molecule has 0 fully saturated rings. The van der Waals surface area contributed by atoms with Crippen molar-refractivity contribution < 1.29 is 9.59 Å². The van der Waals surface area contributed by atoms with Crippen molar-refractivity contribution in [2.75, 3.05) is 0 Å². The van der Waals surface area contributed by atoms with Gasteiger partial charge in [-0.2, -0.15) is 0 Å². The lowest BCUT2D eigenvalue weighted by Crippen LogP contribution is -2.30. The van der Waals surface area contributed by atoms with Crippen LogP contribution >= 0.6 is 0 Å². The summed E-state index contributed by atoms with van der Waals surface area (Å²) in [6.07, 6.45) is 1.81. The van der Waals surface area contributed by atoms with Gasteiger partial charge in [0.1, 0.15) is 0 Å². The summed E-state index contributed by atoms with van der Waals surface area (Å²) in [6, 6.07) is 7.61. The summed E-state index contributed by atoms with van der Waals surface area (Å²) in [7, 11) is 0. The molecule has 1 N–H and O–H groups in total. The lowest BCUT2D eigenvalue weighted by molar-refractivity contribution is -0.123. The van der Waals surface area contributed by atoms with E-state index in [-0.39, 0.29) is 17.6 Å². The van der Waals surface area contributed by atoms with E-state index in [0.717, 1.165) is 24.0 Å². The van der Waals surface area contributed by atoms with Crippen LogP contribution in [-0.2, 0) is 4.79 Å². The normalized spacial score (nSPS) is 14.1. The predicted molar refractivity (Wildman–Crippen MR) is 84.7 cm³/mol. The van der Waals surface area contributed by atoms with Crippen molar-refractivity contribution in [3.8, 4) is 0 Å². The van der Waals surface area contributed by atoms with E-state index in [1.165, 1.54) is 0 Å². The molecular weight excluding hydrogens is 262 g/mol. The highest BCUT2D eigenvalue weighted by atomic mass is 16.2. The van der Waals surface area contributed by atoms with Crippen molar-refractivity contribution in [2.24, 2.45) is 11.8 Å². The lowest BCUT2D eigenvalue weighted by Gasteiger charge is -2.12. The third-order valence-electron chi connectivity index (χ3n) is 3.77. The second-order valence-corrected chi connectivity index (χ2v) is 6.30. The molecule has 0 unspecified atom stereocenters. The van der Waals surface area contributed by atoms with Crippen LogP contribution in [0.5, 0.6) is 0 Å². The summed E-state index contributed by atoms with van der Waals surface area (Å²) in [5.74, 6) is 0.259. The largest absolute Gasteiger partial charge is 0.322 e. The van der Waals surface area contributed by atoms with Crippen molar-refractivity contribution >= 4 is 17.3 Å². The Morgan fingerprint density at radius 3 is 2.29 bits per heavy atom. The van der Waals surface area contributed by atoms with Gasteiger partial charge >= 0.3 is 0 Å². The van der Waals surface area contributed by atoms with Crippen molar-refractivity contribution in [3.63, 3.8) is 0 Å². The molecule has 2 rings (SSSR count). The predicted octanol–water partition coefficient (Wildman–Crippen LogP) is 3.80. The molecule has 0 aliphatic heterocycles. The van der Waals surface area contributed by atoms with Crippen LogP contribution in [0.4, 0.5) is 0 Å². The first-order valence-electron chi connectivity index (χ1n) is 7.60. The standard InChI is InChI=1S/C18H23NO2/c1-11(2)9-10-14-13-7-5-6-8-15(13)17(20)16(14)19-18(21)12(3)4/h5-8,11-12H,9-10H2,1-4H3,(H,19,20,21). The van der Waals surface area contributed by atoms with Crippen molar-refractivity contribution in [3.05, 3.63) is 41.1 Å². The Labute approximate surface area is 126 Å². The summed E-state index contributed by atoms with van der Waals surface area (Å²) in [6.45, 7) is 7.98. The van der Waals surface area contributed by atoms with Gasteiger partial charge in [0.25, 0.3) is 0 Å². The molecule has 0 atom stereocenters. The third kappa shape index (κ3) is 3.23. The van der Waals surface area contributed by atoms with E-state index in [0.29, 0.717) is 17.2 Å². The fourth-order valence-corrected chi connectivity index (χ4v) is 2.44. The number of carbonyl (C=O) groups is 2. The Balaban J connectivity index is 2.37. The van der Waals surface area contributed by atoms with Gasteiger partial charge in [0.15, 0.2) is 0 Å². The van der Waals surface area contributed by atoms with Crippen molar-refractivity contribution in [2.45, 2.75) is 40.5 Å². The van der Waals surface area contributed by atoms with Gasteiger partial charge in [-0.05, 0) is 29.9 Å². The molecule has 0 bridgehead atoms. The van der Waals surface area contributed by atoms with Crippen LogP contribution in [0.2, 0.25) is 0 Å². The topological polar surface area (TPSA) is 46.2 Å². The molecule has 1 aliphatic carbocycles. The maximum atomic E-state index is 12.5. The van der Waals surface area contributed by atoms with Gasteiger partial charge in [0.05, 0.1) is 5.70 Å². The average Bonchev–Trinajstić information content (AvgIpc) is 2.70. The molecule has 1 aliphatic rings. The fourth-order valence-electron chi connectivity index (χ4n) is 2.44. The number of nitrogens with one attached hydrogen (secondary N) is 1. The highest BCUT2D eigenvalue weighted by Gasteiger charge is 2.30. The number of fused-ring (bicyclic) bond motifs is 1. The van der Waals surface area contributed by atoms with Crippen LogP contribution in [0, 0.1) is 11.8 Å². The Morgan fingerprint density at radius 1 is 1.10 bits per heavy atom. The second-order valence-electron chi connectivity index (χ2n) is 6.30. The Kier molecular flexibility index (Phi) is 4.61. The maximum absolute atomic E-state index is 12.5. The molecule has 1 amide bonds. The monoisotopic (exact) mass is 285 g/mol. The zero-order valence-corrected chi connectivity index (χ0v) is 13.2. The molecule has 0 saturated heterocycles. The van der Waals surface area contributed by atoms with E-state index in [4.69, 9.17) is 0 Å². The van der Waals surface area contributed by atoms with Crippen LogP contribution in [0.25, 0.3) is 5.57 Å². The molecule has 0 radical (unpaired) electrons. The number of allylic oxidation sites excluding steroid dienone is 2. The number of Topliss-reactive ketones (excluding diaryl/α,β-unsaturated/α-hetero) is 1.